The Morgan fingerprint density at radius 1 is 0.903 bits per heavy atom. The number of Topliss-reactive ketones (excluding diaryl/α,β-unsaturated/α-hetero) is 2. The van der Waals surface area contributed by atoms with Crippen LogP contribution in [0.1, 0.15) is 27.6 Å². The number of benzene rings is 2. The molecule has 2 unspecified atom stereocenters. The highest BCUT2D eigenvalue weighted by molar-refractivity contribution is 6.16. The maximum Gasteiger partial charge on any atom is 0.269 e. The lowest BCUT2D eigenvalue weighted by Crippen LogP contribution is -2.39. The SMILES string of the molecule is CC(CO)OCC(O)C(C(=O)c1ccc([N+](=O)[O-])cc1)C(=O)c1ccc([N+](=O)[O-])cc1. The molecule has 0 aliphatic carbocycles. The molecule has 11 nitrogen and oxygen atoms in total. The number of ether oxygens (including phenoxy) is 1. The monoisotopic (exact) mass is 432 g/mol. The standard InChI is InChI=1S/C20H20N2O9/c1-12(10-23)31-11-17(24)18(19(25)13-2-6-15(7-3-13)21(27)28)20(26)14-4-8-16(9-5-14)22(29)30/h2-9,12,17-18,23-24H,10-11H2,1H3. The number of rotatable bonds is 11. The molecule has 2 aromatic carbocycles. The van der Waals surface area contributed by atoms with E-state index in [2.05, 4.69) is 0 Å². The number of ketones is 2. The zero-order chi connectivity index (χ0) is 23.1. The van der Waals surface area contributed by atoms with Crippen molar-refractivity contribution in [1.29, 1.82) is 0 Å². The van der Waals surface area contributed by atoms with Crippen LogP contribution in [-0.4, -0.2) is 57.0 Å². The fourth-order valence-electron chi connectivity index (χ4n) is 2.73. The summed E-state index contributed by atoms with van der Waals surface area (Å²) in [7, 11) is 0. The van der Waals surface area contributed by atoms with Crippen molar-refractivity contribution in [3.63, 3.8) is 0 Å². The summed E-state index contributed by atoms with van der Waals surface area (Å²) < 4.78 is 5.22. The number of hydrogen-bond donors (Lipinski definition) is 2. The molecule has 0 aliphatic rings. The number of nitro benzene ring substituents is 2. The third-order valence-electron chi connectivity index (χ3n) is 4.48. The molecule has 0 heterocycles. The Hall–Kier alpha value is -3.54. The zero-order valence-electron chi connectivity index (χ0n) is 16.4. The number of aliphatic hydroxyl groups is 2. The first-order valence-corrected chi connectivity index (χ1v) is 9.13. The van der Waals surface area contributed by atoms with Crippen molar-refractivity contribution in [3.05, 3.63) is 79.9 Å². The third-order valence-corrected chi connectivity index (χ3v) is 4.48. The molecule has 2 aromatic rings. The second-order valence-corrected chi connectivity index (χ2v) is 6.71. The van der Waals surface area contributed by atoms with E-state index in [-0.39, 0.29) is 29.1 Å². The summed E-state index contributed by atoms with van der Waals surface area (Å²) in [5, 5.41) is 41.2. The molecule has 0 amide bonds. The van der Waals surface area contributed by atoms with Crippen LogP contribution in [0.25, 0.3) is 0 Å². The maximum absolute atomic E-state index is 13.0. The highest BCUT2D eigenvalue weighted by Gasteiger charge is 2.35. The number of nitrogens with zero attached hydrogens (tertiary/aromatic N) is 2. The second kappa shape index (κ2) is 10.5. The molecule has 164 valence electrons. The smallest absolute Gasteiger partial charge is 0.269 e. The van der Waals surface area contributed by atoms with Crippen LogP contribution in [0.4, 0.5) is 11.4 Å². The summed E-state index contributed by atoms with van der Waals surface area (Å²) in [5.74, 6) is -3.23. The average Bonchev–Trinajstić information content (AvgIpc) is 2.77. The molecule has 0 bridgehead atoms. The van der Waals surface area contributed by atoms with Gasteiger partial charge in [0.2, 0.25) is 0 Å². The van der Waals surface area contributed by atoms with Gasteiger partial charge in [0.1, 0.15) is 5.92 Å². The molecule has 0 saturated heterocycles. The lowest BCUT2D eigenvalue weighted by molar-refractivity contribution is -0.385. The van der Waals surface area contributed by atoms with Crippen molar-refractivity contribution in [3.8, 4) is 0 Å². The van der Waals surface area contributed by atoms with Crippen LogP contribution in [0.2, 0.25) is 0 Å². The number of carbonyl (C=O) groups is 2. The first-order chi connectivity index (χ1) is 14.6. The Labute approximate surface area is 176 Å². The quantitative estimate of drug-likeness (QED) is 0.233. The Morgan fingerprint density at radius 3 is 1.61 bits per heavy atom. The first-order valence-electron chi connectivity index (χ1n) is 9.13. The fraction of sp³-hybridized carbons (Fsp3) is 0.300. The van der Waals surface area contributed by atoms with Crippen LogP contribution in [0, 0.1) is 26.1 Å². The average molecular weight is 432 g/mol. The molecule has 0 aliphatic heterocycles. The minimum absolute atomic E-state index is 0.0416. The highest BCUT2D eigenvalue weighted by Crippen LogP contribution is 2.23. The van der Waals surface area contributed by atoms with Gasteiger partial charge in [0, 0.05) is 35.4 Å². The van der Waals surface area contributed by atoms with Gasteiger partial charge in [-0.2, -0.15) is 0 Å². The van der Waals surface area contributed by atoms with Gasteiger partial charge in [-0.15, -0.1) is 0 Å². The van der Waals surface area contributed by atoms with E-state index in [0.29, 0.717) is 0 Å². The lowest BCUT2D eigenvalue weighted by atomic mass is 9.86. The molecule has 0 aromatic heterocycles. The number of aliphatic hydroxyl groups excluding tert-OH is 2. The van der Waals surface area contributed by atoms with Crippen molar-refractivity contribution < 1.29 is 34.4 Å². The van der Waals surface area contributed by atoms with Crippen LogP contribution < -0.4 is 0 Å². The Kier molecular flexibility index (Phi) is 8.02. The summed E-state index contributed by atoms with van der Waals surface area (Å²) in [4.78, 5) is 46.3. The van der Waals surface area contributed by atoms with E-state index in [1.54, 1.807) is 0 Å². The molecule has 31 heavy (non-hydrogen) atoms. The van der Waals surface area contributed by atoms with Crippen LogP contribution in [0.5, 0.6) is 0 Å². The van der Waals surface area contributed by atoms with Gasteiger partial charge in [0.25, 0.3) is 11.4 Å². The maximum atomic E-state index is 13.0. The zero-order valence-corrected chi connectivity index (χ0v) is 16.4. The van der Waals surface area contributed by atoms with Crippen molar-refractivity contribution in [2.45, 2.75) is 19.1 Å². The normalized spacial score (nSPS) is 12.9. The number of carbonyl (C=O) groups excluding carboxylic acids is 2. The van der Waals surface area contributed by atoms with E-state index in [9.17, 15) is 34.9 Å². The Balaban J connectivity index is 2.36. The van der Waals surface area contributed by atoms with E-state index in [1.165, 1.54) is 31.2 Å². The van der Waals surface area contributed by atoms with E-state index in [0.717, 1.165) is 24.3 Å². The van der Waals surface area contributed by atoms with Gasteiger partial charge in [-0.3, -0.25) is 29.8 Å². The summed E-state index contributed by atoms with van der Waals surface area (Å²) in [6.45, 7) is 0.742. The van der Waals surface area contributed by atoms with Gasteiger partial charge in [-0.25, -0.2) is 0 Å². The molecular weight excluding hydrogens is 412 g/mol. The lowest BCUT2D eigenvalue weighted by Gasteiger charge is -2.22. The molecule has 0 spiro atoms. The molecule has 11 heteroatoms. The highest BCUT2D eigenvalue weighted by atomic mass is 16.6. The predicted octanol–water partition coefficient (Wildman–Crippen LogP) is 1.94. The number of hydrogen-bond acceptors (Lipinski definition) is 9. The van der Waals surface area contributed by atoms with Crippen molar-refractivity contribution in [2.75, 3.05) is 13.2 Å². The molecule has 0 radical (unpaired) electrons. The van der Waals surface area contributed by atoms with Crippen molar-refractivity contribution in [2.24, 2.45) is 5.92 Å². The Morgan fingerprint density at radius 2 is 1.29 bits per heavy atom. The first kappa shape index (κ1) is 23.7. The molecule has 2 N–H and O–H groups in total. The molecule has 2 rings (SSSR count). The summed E-state index contributed by atoms with van der Waals surface area (Å²) in [6.07, 6.45) is -2.25. The largest absolute Gasteiger partial charge is 0.394 e. The summed E-state index contributed by atoms with van der Waals surface area (Å²) in [6, 6.07) is 9.05. The minimum Gasteiger partial charge on any atom is -0.394 e. The molecule has 2 atom stereocenters. The molecule has 0 fully saturated rings. The van der Waals surface area contributed by atoms with Crippen molar-refractivity contribution >= 4 is 22.9 Å². The van der Waals surface area contributed by atoms with E-state index in [4.69, 9.17) is 9.84 Å². The van der Waals surface area contributed by atoms with Gasteiger partial charge in [-0.1, -0.05) is 0 Å². The van der Waals surface area contributed by atoms with Gasteiger partial charge >= 0.3 is 0 Å². The summed E-state index contributed by atoms with van der Waals surface area (Å²) >= 11 is 0. The van der Waals surface area contributed by atoms with Crippen LogP contribution in [0.3, 0.4) is 0 Å². The van der Waals surface area contributed by atoms with Crippen molar-refractivity contribution in [1.82, 2.24) is 0 Å². The van der Waals surface area contributed by atoms with E-state index >= 15 is 0 Å². The van der Waals surface area contributed by atoms with Gasteiger partial charge in [0.05, 0.1) is 35.3 Å². The third kappa shape index (κ3) is 5.98. The van der Waals surface area contributed by atoms with Gasteiger partial charge < -0.3 is 14.9 Å². The Bertz CT molecular complexity index is 888. The van der Waals surface area contributed by atoms with E-state index in [1.807, 2.05) is 0 Å². The second-order valence-electron chi connectivity index (χ2n) is 6.71. The predicted molar refractivity (Wildman–Crippen MR) is 107 cm³/mol. The molecular formula is C20H20N2O9. The minimum atomic E-state index is -1.63. The van der Waals surface area contributed by atoms with Gasteiger partial charge in [-0.05, 0) is 31.2 Å². The fourth-order valence-corrected chi connectivity index (χ4v) is 2.73. The molecule has 0 saturated carbocycles. The van der Waals surface area contributed by atoms with Crippen LogP contribution >= 0.6 is 0 Å². The topological polar surface area (TPSA) is 170 Å². The van der Waals surface area contributed by atoms with Crippen LogP contribution in [-0.2, 0) is 4.74 Å². The number of non-ortho nitro benzene ring substituents is 2. The van der Waals surface area contributed by atoms with Crippen LogP contribution in [0.15, 0.2) is 48.5 Å². The summed E-state index contributed by atoms with van der Waals surface area (Å²) in [5.41, 5.74) is -0.592. The number of nitro groups is 2. The van der Waals surface area contributed by atoms with E-state index < -0.39 is 46.1 Å². The van der Waals surface area contributed by atoms with Gasteiger partial charge in [0.15, 0.2) is 11.6 Å².